The number of rotatable bonds is 5. The molecule has 0 N–H and O–H groups in total. The number of fused-ring (bicyclic) bond motifs is 1. The van der Waals surface area contributed by atoms with Crippen LogP contribution in [0.15, 0.2) is 79.4 Å². The van der Waals surface area contributed by atoms with Crippen molar-refractivity contribution in [3.63, 3.8) is 0 Å². The van der Waals surface area contributed by atoms with Crippen LogP contribution in [0.4, 0.5) is 5.82 Å². The van der Waals surface area contributed by atoms with E-state index in [9.17, 15) is 0 Å². The largest absolute Gasteiger partial charge is 0.352 e. The van der Waals surface area contributed by atoms with Crippen molar-refractivity contribution in [1.29, 1.82) is 0 Å². The lowest BCUT2D eigenvalue weighted by molar-refractivity contribution is 0.249. The lowest BCUT2D eigenvalue weighted by atomic mass is 10.2. The average molecular weight is 516 g/mol. The summed E-state index contributed by atoms with van der Waals surface area (Å²) in [5, 5.41) is 1.30. The maximum absolute atomic E-state index is 6.61. The second-order valence-corrected chi connectivity index (χ2v) is 9.56. The third-order valence-corrected chi connectivity index (χ3v) is 7.03. The van der Waals surface area contributed by atoms with Crippen molar-refractivity contribution in [3.8, 4) is 17.1 Å². The molecule has 1 saturated heterocycles. The molecule has 1 aliphatic rings. The fourth-order valence-corrected chi connectivity index (χ4v) is 4.98. The van der Waals surface area contributed by atoms with Crippen LogP contribution < -0.4 is 4.90 Å². The first-order valence-electron chi connectivity index (χ1n) is 11.8. The van der Waals surface area contributed by atoms with Gasteiger partial charge < -0.3 is 4.90 Å². The van der Waals surface area contributed by atoms with Crippen LogP contribution in [-0.2, 0) is 6.54 Å². The number of halogens is 2. The van der Waals surface area contributed by atoms with E-state index < -0.39 is 0 Å². The molecule has 2 aromatic carbocycles. The minimum absolute atomic E-state index is 0.627. The van der Waals surface area contributed by atoms with Crippen LogP contribution >= 0.6 is 23.2 Å². The molecule has 0 unspecified atom stereocenters. The van der Waals surface area contributed by atoms with Crippen LogP contribution in [0.3, 0.4) is 0 Å². The minimum atomic E-state index is 0.627. The second-order valence-electron chi connectivity index (χ2n) is 8.72. The van der Waals surface area contributed by atoms with Gasteiger partial charge >= 0.3 is 0 Å². The van der Waals surface area contributed by atoms with Crippen molar-refractivity contribution < 1.29 is 0 Å². The van der Waals surface area contributed by atoms with E-state index in [0.29, 0.717) is 10.0 Å². The van der Waals surface area contributed by atoms with Gasteiger partial charge in [0.05, 0.1) is 5.02 Å². The van der Waals surface area contributed by atoms with Crippen LogP contribution in [0.5, 0.6) is 0 Å². The normalized spacial score (nSPS) is 14.4. The topological polar surface area (TPSA) is 63.0 Å². The Morgan fingerprint density at radius 2 is 1.56 bits per heavy atom. The standard InChI is InChI=1S/C27H23Cl2N7/c28-20-5-7-21(8-6-20)36-25(22-3-1-2-4-23(22)29)33-24-26(31-18-32-27(24)36)35-15-13-34(14-16-35)17-19-9-11-30-12-10-19/h1-12,18H,13-17H2. The number of hydrogen-bond acceptors (Lipinski definition) is 6. The molecular formula is C27H23Cl2N7. The van der Waals surface area contributed by atoms with Gasteiger partial charge in [-0.3, -0.25) is 14.5 Å². The highest BCUT2D eigenvalue weighted by atomic mass is 35.5. The van der Waals surface area contributed by atoms with Gasteiger partial charge in [0.15, 0.2) is 17.0 Å². The van der Waals surface area contributed by atoms with Crippen LogP contribution in [0.25, 0.3) is 28.2 Å². The molecule has 1 fully saturated rings. The molecule has 0 spiro atoms. The summed E-state index contributed by atoms with van der Waals surface area (Å²) in [7, 11) is 0. The number of pyridine rings is 1. The van der Waals surface area contributed by atoms with Gasteiger partial charge in [0.2, 0.25) is 0 Å². The summed E-state index contributed by atoms with van der Waals surface area (Å²) >= 11 is 12.8. The molecule has 7 nitrogen and oxygen atoms in total. The van der Waals surface area contributed by atoms with Gasteiger partial charge in [0, 0.05) is 61.4 Å². The first kappa shape index (κ1) is 22.9. The summed E-state index contributed by atoms with van der Waals surface area (Å²) in [6.07, 6.45) is 5.30. The molecule has 9 heteroatoms. The molecule has 180 valence electrons. The summed E-state index contributed by atoms with van der Waals surface area (Å²) in [5.41, 5.74) is 4.50. The molecule has 3 aromatic heterocycles. The first-order chi connectivity index (χ1) is 17.7. The van der Waals surface area contributed by atoms with E-state index in [0.717, 1.165) is 66.8 Å². The van der Waals surface area contributed by atoms with Crippen LogP contribution in [0.1, 0.15) is 5.56 Å². The molecule has 36 heavy (non-hydrogen) atoms. The number of hydrogen-bond donors (Lipinski definition) is 0. The number of piperazine rings is 1. The highest BCUT2D eigenvalue weighted by Crippen LogP contribution is 2.35. The van der Waals surface area contributed by atoms with E-state index in [1.807, 2.05) is 65.5 Å². The first-order valence-corrected chi connectivity index (χ1v) is 12.5. The van der Waals surface area contributed by atoms with Crippen LogP contribution in [-0.4, -0.2) is 55.6 Å². The Kier molecular flexibility index (Phi) is 6.27. The summed E-state index contributed by atoms with van der Waals surface area (Å²) in [6.45, 7) is 4.49. The van der Waals surface area contributed by atoms with E-state index in [4.69, 9.17) is 28.2 Å². The van der Waals surface area contributed by atoms with E-state index >= 15 is 0 Å². The number of aromatic nitrogens is 5. The Balaban J connectivity index is 1.38. The van der Waals surface area contributed by atoms with Crippen LogP contribution in [0.2, 0.25) is 10.0 Å². The van der Waals surface area contributed by atoms with Gasteiger partial charge in [-0.15, -0.1) is 0 Å². The van der Waals surface area contributed by atoms with Crippen molar-refractivity contribution in [3.05, 3.63) is 95.0 Å². The molecule has 1 aliphatic heterocycles. The van der Waals surface area contributed by atoms with Crippen molar-refractivity contribution in [2.24, 2.45) is 0 Å². The molecule has 5 aromatic rings. The maximum Gasteiger partial charge on any atom is 0.170 e. The summed E-state index contributed by atoms with van der Waals surface area (Å²) in [4.78, 5) is 23.3. The molecule has 0 bridgehead atoms. The van der Waals surface area contributed by atoms with Gasteiger partial charge in [-0.05, 0) is 54.1 Å². The zero-order chi connectivity index (χ0) is 24.5. The fourth-order valence-electron chi connectivity index (χ4n) is 4.63. The van der Waals surface area contributed by atoms with Gasteiger partial charge in [0.25, 0.3) is 0 Å². The average Bonchev–Trinajstić information content (AvgIpc) is 3.30. The van der Waals surface area contributed by atoms with Crippen molar-refractivity contribution in [1.82, 2.24) is 29.4 Å². The Labute approximate surface area is 219 Å². The molecule has 4 heterocycles. The molecule has 0 radical (unpaired) electrons. The smallest absolute Gasteiger partial charge is 0.170 e. The summed E-state index contributed by atoms with van der Waals surface area (Å²) in [6, 6.07) is 19.5. The molecule has 0 aliphatic carbocycles. The maximum atomic E-state index is 6.61. The van der Waals surface area contributed by atoms with Gasteiger partial charge in [-0.1, -0.05) is 35.3 Å². The SMILES string of the molecule is Clc1ccc(-n2c(-c3ccccc3Cl)nc3c(N4CCN(Cc5ccncc5)CC4)ncnc32)cc1. The summed E-state index contributed by atoms with van der Waals surface area (Å²) in [5.74, 6) is 1.56. The Bertz CT molecular complexity index is 1490. The Hall–Kier alpha value is -3.52. The quantitative estimate of drug-likeness (QED) is 0.307. The lowest BCUT2D eigenvalue weighted by Gasteiger charge is -2.35. The zero-order valence-corrected chi connectivity index (χ0v) is 20.9. The third kappa shape index (κ3) is 4.41. The van der Waals surface area contributed by atoms with E-state index in [-0.39, 0.29) is 0 Å². The molecule has 6 rings (SSSR count). The highest BCUT2D eigenvalue weighted by molar-refractivity contribution is 6.33. The van der Waals surface area contributed by atoms with Gasteiger partial charge in [-0.25, -0.2) is 15.0 Å². The second kappa shape index (κ2) is 9.85. The van der Waals surface area contributed by atoms with Crippen molar-refractivity contribution in [2.45, 2.75) is 6.54 Å². The molecule has 0 amide bonds. The molecule has 0 atom stereocenters. The number of benzene rings is 2. The minimum Gasteiger partial charge on any atom is -0.352 e. The predicted molar refractivity (Wildman–Crippen MR) is 144 cm³/mol. The van der Waals surface area contributed by atoms with Crippen LogP contribution in [0, 0.1) is 0 Å². The van der Waals surface area contributed by atoms with Crippen molar-refractivity contribution in [2.75, 3.05) is 31.1 Å². The van der Waals surface area contributed by atoms with Gasteiger partial charge in [-0.2, -0.15) is 0 Å². The summed E-state index contributed by atoms with van der Waals surface area (Å²) < 4.78 is 2.03. The number of anilines is 1. The predicted octanol–water partition coefficient (Wildman–Crippen LogP) is 5.51. The fraction of sp³-hybridized carbons (Fsp3) is 0.185. The van der Waals surface area contributed by atoms with Crippen molar-refractivity contribution >= 4 is 40.2 Å². The van der Waals surface area contributed by atoms with Gasteiger partial charge in [0.1, 0.15) is 12.2 Å². The van der Waals surface area contributed by atoms with E-state index in [1.54, 1.807) is 6.33 Å². The lowest BCUT2D eigenvalue weighted by Crippen LogP contribution is -2.46. The van der Waals surface area contributed by atoms with E-state index in [2.05, 4.69) is 36.9 Å². The Morgan fingerprint density at radius 3 is 2.31 bits per heavy atom. The Morgan fingerprint density at radius 1 is 0.806 bits per heavy atom. The monoisotopic (exact) mass is 515 g/mol. The third-order valence-electron chi connectivity index (χ3n) is 6.45. The number of imidazole rings is 1. The van der Waals surface area contributed by atoms with E-state index in [1.165, 1.54) is 5.56 Å². The number of nitrogens with zero attached hydrogens (tertiary/aromatic N) is 7. The zero-order valence-electron chi connectivity index (χ0n) is 19.4. The highest BCUT2D eigenvalue weighted by Gasteiger charge is 2.25. The molecular weight excluding hydrogens is 493 g/mol. The molecule has 0 saturated carbocycles.